The zero-order valence-electron chi connectivity index (χ0n) is 17.1. The maximum Gasteiger partial charge on any atom is 0.228 e. The molecule has 5 aromatic rings. The van der Waals surface area contributed by atoms with Gasteiger partial charge >= 0.3 is 0 Å². The molecule has 0 atom stereocenters. The van der Waals surface area contributed by atoms with E-state index in [1.54, 1.807) is 36.3 Å². The lowest BCUT2D eigenvalue weighted by atomic mass is 10.2. The van der Waals surface area contributed by atoms with Crippen LogP contribution < -0.4 is 0 Å². The molecule has 0 radical (unpaired) electrons. The molecule has 0 unspecified atom stereocenters. The summed E-state index contributed by atoms with van der Waals surface area (Å²) in [4.78, 5) is 13.7. The fourth-order valence-corrected chi connectivity index (χ4v) is 4.63. The fourth-order valence-electron chi connectivity index (χ4n) is 3.46. The Balaban J connectivity index is 1.49. The Bertz CT molecular complexity index is 1410. The van der Waals surface area contributed by atoms with Gasteiger partial charge in [0.2, 0.25) is 5.89 Å². The molecule has 0 saturated heterocycles. The van der Waals surface area contributed by atoms with Gasteiger partial charge in [-0.2, -0.15) is 0 Å². The number of pyridine rings is 1. The zero-order valence-corrected chi connectivity index (χ0v) is 18.7. The molecule has 160 valence electrons. The van der Waals surface area contributed by atoms with Gasteiger partial charge in [-0.25, -0.2) is 14.4 Å². The van der Waals surface area contributed by atoms with E-state index in [0.29, 0.717) is 29.0 Å². The van der Waals surface area contributed by atoms with Crippen molar-refractivity contribution in [2.24, 2.45) is 0 Å². The maximum atomic E-state index is 13.6. The number of rotatable bonds is 6. The van der Waals surface area contributed by atoms with Crippen molar-refractivity contribution in [2.45, 2.75) is 24.4 Å². The number of aryl methyl sites for hydroxylation is 1. The first kappa shape index (κ1) is 20.7. The van der Waals surface area contributed by atoms with Crippen molar-refractivity contribution in [3.63, 3.8) is 0 Å². The molecule has 2 aromatic carbocycles. The second kappa shape index (κ2) is 8.76. The molecule has 0 aliphatic rings. The molecule has 0 aliphatic carbocycles. The van der Waals surface area contributed by atoms with E-state index in [1.165, 1.54) is 6.07 Å². The number of aromatic nitrogens is 4. The van der Waals surface area contributed by atoms with Crippen LogP contribution in [0.3, 0.4) is 0 Å². The quantitative estimate of drug-likeness (QED) is 0.267. The average Bonchev–Trinajstić information content (AvgIpc) is 3.33. The number of nitrogens with zero attached hydrogens (tertiary/aromatic N) is 4. The van der Waals surface area contributed by atoms with Gasteiger partial charge in [-0.1, -0.05) is 47.6 Å². The summed E-state index contributed by atoms with van der Waals surface area (Å²) in [5.41, 5.74) is 4.17. The standard InChI is InChI=1S/C24H18ClFN4OS/c1-15-21(28-23(31-15)18-7-2-3-8-19(18)25)13-30-22-12-27-10-9-20(22)29-24(30)32-14-16-5-4-6-17(26)11-16/h2-12H,13-14H2,1H3. The van der Waals surface area contributed by atoms with Gasteiger partial charge in [-0.05, 0) is 42.8 Å². The molecule has 5 nitrogen and oxygen atoms in total. The second-order valence-corrected chi connectivity index (χ2v) is 8.61. The van der Waals surface area contributed by atoms with Crippen LogP contribution in [0.2, 0.25) is 5.02 Å². The summed E-state index contributed by atoms with van der Waals surface area (Å²) in [6, 6.07) is 15.9. The van der Waals surface area contributed by atoms with Gasteiger partial charge in [0.05, 0.1) is 34.4 Å². The number of benzene rings is 2. The van der Waals surface area contributed by atoms with Crippen LogP contribution in [0.25, 0.3) is 22.5 Å². The molecule has 0 N–H and O–H groups in total. The van der Waals surface area contributed by atoms with E-state index in [2.05, 4.69) is 9.55 Å². The molecule has 0 saturated carbocycles. The van der Waals surface area contributed by atoms with Crippen LogP contribution in [0.1, 0.15) is 17.0 Å². The van der Waals surface area contributed by atoms with Crippen LogP contribution in [0.5, 0.6) is 0 Å². The molecule has 0 aliphatic heterocycles. The first-order valence-electron chi connectivity index (χ1n) is 9.97. The van der Waals surface area contributed by atoms with Crippen molar-refractivity contribution < 1.29 is 8.81 Å². The Labute approximate surface area is 193 Å². The lowest BCUT2D eigenvalue weighted by molar-refractivity contribution is 0.537. The largest absolute Gasteiger partial charge is 0.441 e. The predicted octanol–water partition coefficient (Wildman–Crippen LogP) is 6.53. The smallest absolute Gasteiger partial charge is 0.228 e. The van der Waals surface area contributed by atoms with Gasteiger partial charge in [0.1, 0.15) is 17.3 Å². The maximum absolute atomic E-state index is 13.6. The zero-order chi connectivity index (χ0) is 22.1. The molecule has 0 bridgehead atoms. The Morgan fingerprint density at radius 2 is 1.97 bits per heavy atom. The number of thioether (sulfide) groups is 1. The van der Waals surface area contributed by atoms with Gasteiger partial charge in [0.25, 0.3) is 0 Å². The lowest BCUT2D eigenvalue weighted by Gasteiger charge is -2.08. The number of imidazole rings is 1. The molecule has 3 aromatic heterocycles. The molecule has 3 heterocycles. The van der Waals surface area contributed by atoms with E-state index in [1.807, 2.05) is 43.3 Å². The highest BCUT2D eigenvalue weighted by Gasteiger charge is 2.18. The van der Waals surface area contributed by atoms with Crippen LogP contribution in [-0.2, 0) is 12.3 Å². The highest BCUT2D eigenvalue weighted by Crippen LogP contribution is 2.31. The van der Waals surface area contributed by atoms with Gasteiger partial charge < -0.3 is 8.98 Å². The third-order valence-corrected chi connectivity index (χ3v) is 6.45. The minimum Gasteiger partial charge on any atom is -0.441 e. The number of hydrogen-bond donors (Lipinski definition) is 0. The van der Waals surface area contributed by atoms with Crippen molar-refractivity contribution in [3.8, 4) is 11.5 Å². The lowest BCUT2D eigenvalue weighted by Crippen LogP contribution is -2.03. The summed E-state index contributed by atoms with van der Waals surface area (Å²) < 4.78 is 21.6. The molecule has 32 heavy (non-hydrogen) atoms. The summed E-state index contributed by atoms with van der Waals surface area (Å²) in [6.45, 7) is 2.35. The SMILES string of the molecule is Cc1oc(-c2ccccc2Cl)nc1Cn1c(SCc2cccc(F)c2)nc2ccncc21. The van der Waals surface area contributed by atoms with Gasteiger partial charge in [0, 0.05) is 11.9 Å². The summed E-state index contributed by atoms with van der Waals surface area (Å²) in [6.07, 6.45) is 3.51. The monoisotopic (exact) mass is 464 g/mol. The third kappa shape index (κ3) is 4.13. The minimum atomic E-state index is -0.244. The highest BCUT2D eigenvalue weighted by molar-refractivity contribution is 7.98. The first-order chi connectivity index (χ1) is 15.6. The molecular weight excluding hydrogens is 447 g/mol. The van der Waals surface area contributed by atoms with E-state index < -0.39 is 0 Å². The third-order valence-electron chi connectivity index (χ3n) is 5.08. The van der Waals surface area contributed by atoms with Crippen LogP contribution in [0.4, 0.5) is 4.39 Å². The second-order valence-electron chi connectivity index (χ2n) is 7.27. The van der Waals surface area contributed by atoms with Crippen molar-refractivity contribution in [1.29, 1.82) is 0 Å². The topological polar surface area (TPSA) is 56.7 Å². The van der Waals surface area contributed by atoms with E-state index in [0.717, 1.165) is 33.0 Å². The minimum absolute atomic E-state index is 0.244. The van der Waals surface area contributed by atoms with Crippen LogP contribution >= 0.6 is 23.4 Å². The van der Waals surface area contributed by atoms with Gasteiger partial charge in [0.15, 0.2) is 5.16 Å². The van der Waals surface area contributed by atoms with E-state index in [-0.39, 0.29) is 5.82 Å². The summed E-state index contributed by atoms with van der Waals surface area (Å²) >= 11 is 7.87. The molecule has 0 spiro atoms. The number of oxazole rings is 1. The van der Waals surface area contributed by atoms with Crippen LogP contribution in [-0.4, -0.2) is 19.5 Å². The predicted molar refractivity (Wildman–Crippen MR) is 124 cm³/mol. The van der Waals surface area contributed by atoms with Crippen molar-refractivity contribution in [3.05, 3.63) is 94.8 Å². The Hall–Kier alpha value is -3.16. The van der Waals surface area contributed by atoms with Gasteiger partial charge in [-0.15, -0.1) is 0 Å². The van der Waals surface area contributed by atoms with E-state index in [4.69, 9.17) is 26.0 Å². The van der Waals surface area contributed by atoms with Crippen LogP contribution in [0.15, 0.2) is 76.6 Å². The van der Waals surface area contributed by atoms with E-state index in [9.17, 15) is 4.39 Å². The Morgan fingerprint density at radius 3 is 2.81 bits per heavy atom. The Morgan fingerprint density at radius 1 is 1.09 bits per heavy atom. The Kier molecular flexibility index (Phi) is 5.68. The van der Waals surface area contributed by atoms with Crippen LogP contribution in [0, 0.1) is 12.7 Å². The molecule has 8 heteroatoms. The molecule has 0 amide bonds. The summed E-state index contributed by atoms with van der Waals surface area (Å²) in [5, 5.41) is 1.39. The van der Waals surface area contributed by atoms with Crippen molar-refractivity contribution >= 4 is 34.4 Å². The van der Waals surface area contributed by atoms with Crippen molar-refractivity contribution in [1.82, 2.24) is 19.5 Å². The summed E-state index contributed by atoms with van der Waals surface area (Å²) in [5.74, 6) is 1.55. The van der Waals surface area contributed by atoms with E-state index >= 15 is 0 Å². The van der Waals surface area contributed by atoms with Gasteiger partial charge in [-0.3, -0.25) is 4.98 Å². The molecule has 5 rings (SSSR count). The number of hydrogen-bond acceptors (Lipinski definition) is 5. The highest BCUT2D eigenvalue weighted by atomic mass is 35.5. The first-order valence-corrected chi connectivity index (χ1v) is 11.3. The number of fused-ring (bicyclic) bond motifs is 1. The normalized spacial score (nSPS) is 11.3. The number of halogens is 2. The summed E-state index contributed by atoms with van der Waals surface area (Å²) in [7, 11) is 0. The molecule has 0 fully saturated rings. The fraction of sp³-hybridized carbons (Fsp3) is 0.125. The average molecular weight is 465 g/mol. The molecular formula is C24H18ClFN4OS. The van der Waals surface area contributed by atoms with Crippen molar-refractivity contribution in [2.75, 3.05) is 0 Å².